The highest BCUT2D eigenvalue weighted by Gasteiger charge is 2.57. The van der Waals surface area contributed by atoms with Crippen LogP contribution in [0.2, 0.25) is 5.02 Å². The van der Waals surface area contributed by atoms with Crippen LogP contribution in [0.1, 0.15) is 95.1 Å². The number of esters is 4. The number of nitrogens with zero attached hydrogens (tertiary/aromatic N) is 1. The summed E-state index contributed by atoms with van der Waals surface area (Å²) in [7, 11) is -6.06. The average Bonchev–Trinajstić information content (AvgIpc) is 3.04. The number of rotatable bonds is 10. The van der Waals surface area contributed by atoms with Crippen LogP contribution in [0.15, 0.2) is 36.1 Å². The van der Waals surface area contributed by atoms with Crippen LogP contribution in [0.4, 0.5) is 13.2 Å². The molecule has 2 aliphatic rings. The Kier molecular flexibility index (Phi) is 14.7. The van der Waals surface area contributed by atoms with Crippen LogP contribution < -0.4 is 0 Å². The number of hydrogen-bond acceptors (Lipinski definition) is 13. The maximum atomic E-state index is 13.8. The van der Waals surface area contributed by atoms with E-state index in [0.29, 0.717) is 5.56 Å². The van der Waals surface area contributed by atoms with E-state index in [1.807, 2.05) is 0 Å². The molecule has 0 aliphatic carbocycles. The number of hydrogen-bond donors (Lipinski definition) is 0. The fourth-order valence-electron chi connectivity index (χ4n) is 5.44. The number of alkyl halides is 3. The molecule has 1 aromatic rings. The molecule has 2 heterocycles. The van der Waals surface area contributed by atoms with E-state index in [0.717, 1.165) is 6.08 Å². The van der Waals surface area contributed by atoms with Crippen LogP contribution in [0, 0.1) is 21.7 Å². The summed E-state index contributed by atoms with van der Waals surface area (Å²) in [5.41, 5.74) is -9.59. The zero-order valence-electron chi connectivity index (χ0n) is 34.4. The molecule has 0 aromatic heterocycles. The topological polar surface area (TPSA) is 161 Å². The van der Waals surface area contributed by atoms with Gasteiger partial charge >= 0.3 is 39.5 Å². The zero-order chi connectivity index (χ0) is 43.7. The van der Waals surface area contributed by atoms with Gasteiger partial charge in [0.25, 0.3) is 0 Å². The largest absolute Gasteiger partial charge is 0.534 e. The Morgan fingerprint density at radius 2 is 1.23 bits per heavy atom. The van der Waals surface area contributed by atoms with Crippen LogP contribution >= 0.6 is 11.6 Å². The molecule has 13 nitrogen and oxygen atoms in total. The highest BCUT2D eigenvalue weighted by molar-refractivity contribution is 7.87. The maximum absolute atomic E-state index is 13.8. The van der Waals surface area contributed by atoms with Crippen molar-refractivity contribution >= 4 is 45.6 Å². The molecule has 322 valence electrons. The van der Waals surface area contributed by atoms with Gasteiger partial charge in [-0.1, -0.05) is 29.8 Å². The van der Waals surface area contributed by atoms with E-state index >= 15 is 0 Å². The van der Waals surface area contributed by atoms with Crippen LogP contribution in [0.25, 0.3) is 0 Å². The van der Waals surface area contributed by atoms with E-state index in [-0.39, 0.29) is 18.0 Å². The summed E-state index contributed by atoms with van der Waals surface area (Å²) in [5.74, 6) is -3.51. The van der Waals surface area contributed by atoms with E-state index < -0.39 is 117 Å². The molecule has 2 aliphatic heterocycles. The van der Waals surface area contributed by atoms with Crippen LogP contribution in [0.5, 0.6) is 0 Å². The fourth-order valence-corrected chi connectivity index (χ4v) is 6.16. The number of carbonyl (C=O) groups excluding carboxylic acids is 4. The predicted molar refractivity (Wildman–Crippen MR) is 201 cm³/mol. The van der Waals surface area contributed by atoms with Gasteiger partial charge in [0.15, 0.2) is 24.5 Å². The Morgan fingerprint density at radius 3 is 1.70 bits per heavy atom. The first-order chi connectivity index (χ1) is 25.7. The monoisotopic (exact) mass is 853 g/mol. The second-order valence-electron chi connectivity index (χ2n) is 18.3. The number of ether oxygens (including phenoxy) is 5. The van der Waals surface area contributed by atoms with Crippen LogP contribution in [0.3, 0.4) is 0 Å². The van der Waals surface area contributed by atoms with Gasteiger partial charge in [-0.15, -0.1) is 0 Å². The third-order valence-corrected chi connectivity index (χ3v) is 10.2. The number of carbonyl (C=O) groups is 4. The first-order valence-corrected chi connectivity index (χ1v) is 20.2. The minimum atomic E-state index is -6.06. The van der Waals surface area contributed by atoms with Gasteiger partial charge in [0.1, 0.15) is 18.5 Å². The Hall–Kier alpha value is -3.41. The van der Waals surface area contributed by atoms with Gasteiger partial charge in [-0.25, -0.2) is 0 Å². The quantitative estimate of drug-likeness (QED) is 0.104. The van der Waals surface area contributed by atoms with Gasteiger partial charge < -0.3 is 27.9 Å². The first-order valence-electron chi connectivity index (χ1n) is 18.4. The van der Waals surface area contributed by atoms with Gasteiger partial charge in [0.2, 0.25) is 0 Å². The minimum absolute atomic E-state index is 0.0230. The summed E-state index contributed by atoms with van der Waals surface area (Å²) in [6.45, 7) is 18.2. The lowest BCUT2D eigenvalue weighted by Crippen LogP contribution is -2.68. The first kappa shape index (κ1) is 48.0. The Balaban J connectivity index is 2.33. The van der Waals surface area contributed by atoms with Gasteiger partial charge in [0, 0.05) is 24.0 Å². The molecule has 18 heteroatoms. The van der Waals surface area contributed by atoms with Gasteiger partial charge in [-0.2, -0.15) is 21.6 Å². The van der Waals surface area contributed by atoms with Crippen molar-refractivity contribution in [3.05, 3.63) is 46.7 Å². The van der Waals surface area contributed by atoms with E-state index in [4.69, 9.17) is 35.3 Å². The molecule has 0 N–H and O–H groups in total. The van der Waals surface area contributed by atoms with Crippen molar-refractivity contribution in [2.24, 2.45) is 21.7 Å². The molecule has 0 unspecified atom stereocenters. The van der Waals surface area contributed by atoms with Gasteiger partial charge in [0.05, 0.1) is 21.7 Å². The lowest BCUT2D eigenvalue weighted by Gasteiger charge is -2.51. The van der Waals surface area contributed by atoms with Gasteiger partial charge in [-0.3, -0.25) is 24.1 Å². The SMILES string of the molecule is CC(C)(C)C(=O)OC[C@H]1O[C@@H](N2CC=C(OS(=O)(=O)C(F)(F)F)C[C@H]2Cc2ccccc2Cl)[C@H](OC(=O)C(C)(C)C)[C@@H](OC(=O)C(C)(C)C)[C@H]1OC(=O)C(C)(C)C. The molecule has 0 bridgehead atoms. The third kappa shape index (κ3) is 12.5. The lowest BCUT2D eigenvalue weighted by atomic mass is 9.90. The molecule has 3 rings (SSSR count). The van der Waals surface area contributed by atoms with Crippen LogP contribution in [-0.4, -0.2) is 92.5 Å². The smallest absolute Gasteiger partial charge is 0.462 e. The van der Waals surface area contributed by atoms with E-state index in [1.54, 1.807) is 112 Å². The molecule has 1 fully saturated rings. The molecular weight excluding hydrogens is 799 g/mol. The second-order valence-corrected chi connectivity index (χ2v) is 20.2. The molecule has 0 saturated carbocycles. The van der Waals surface area contributed by atoms with Crippen LogP contribution in [-0.2, 0) is 63.6 Å². The van der Waals surface area contributed by atoms with Crippen molar-refractivity contribution in [3.63, 3.8) is 0 Å². The second kappa shape index (κ2) is 17.4. The predicted octanol–water partition coefficient (Wildman–Crippen LogP) is 6.89. The Morgan fingerprint density at radius 1 is 0.754 bits per heavy atom. The van der Waals surface area contributed by atoms with E-state index in [2.05, 4.69) is 4.18 Å². The van der Waals surface area contributed by atoms with Gasteiger partial charge in [-0.05, 0) is 107 Å². The zero-order valence-corrected chi connectivity index (χ0v) is 36.0. The summed E-state index contributed by atoms with van der Waals surface area (Å²) in [6.07, 6.45) is -6.95. The molecule has 0 radical (unpaired) electrons. The standard InChI is InChI=1S/C39H55ClF3NO12S/c1-35(2,3)31(45)51-21-26-27(53-32(46)36(4,5)6)28(54-33(47)37(7,8)9)29(55-34(48)38(10,11)12)30(52-26)44-18-17-24(56-57(49,50)39(41,42)43)20-23(44)19-22-15-13-14-16-25(22)40/h13-17,23,26-30H,18-21H2,1-12H3/t23-,26-,27+,28+,29-,30-/m1/s1. The van der Waals surface area contributed by atoms with Crippen molar-refractivity contribution in [1.29, 1.82) is 0 Å². The Labute approximate surface area is 337 Å². The summed E-state index contributed by atoms with van der Waals surface area (Å²) in [5, 5.41) is 0.288. The fraction of sp³-hybridized carbons (Fsp3) is 0.692. The third-order valence-electron chi connectivity index (χ3n) is 8.84. The molecule has 0 spiro atoms. The Bertz CT molecular complexity index is 1790. The highest BCUT2D eigenvalue weighted by Crippen LogP contribution is 2.39. The van der Waals surface area contributed by atoms with Crippen molar-refractivity contribution in [2.45, 2.75) is 138 Å². The molecule has 6 atom stereocenters. The average molecular weight is 854 g/mol. The van der Waals surface area contributed by atoms with Crippen molar-refractivity contribution < 1.29 is 68.6 Å². The minimum Gasteiger partial charge on any atom is -0.462 e. The maximum Gasteiger partial charge on any atom is 0.534 e. The normalized spacial score (nSPS) is 24.2. The summed E-state index contributed by atoms with van der Waals surface area (Å²) in [4.78, 5) is 55.7. The molecule has 1 aromatic carbocycles. The molecule has 57 heavy (non-hydrogen) atoms. The highest BCUT2D eigenvalue weighted by atomic mass is 35.5. The summed E-state index contributed by atoms with van der Waals surface area (Å²) in [6, 6.07) is 5.62. The van der Waals surface area contributed by atoms with E-state index in [9.17, 15) is 40.8 Å². The summed E-state index contributed by atoms with van der Waals surface area (Å²) >= 11 is 6.52. The molecule has 1 saturated heterocycles. The van der Waals surface area contributed by atoms with E-state index in [1.165, 1.54) is 0 Å². The summed E-state index contributed by atoms with van der Waals surface area (Å²) < 4.78 is 99.7. The number of halogens is 4. The van der Waals surface area contributed by atoms with Crippen molar-refractivity contribution in [3.8, 4) is 0 Å². The van der Waals surface area contributed by atoms with Crippen molar-refractivity contribution in [2.75, 3.05) is 13.2 Å². The number of benzene rings is 1. The molecular formula is C39H55ClF3NO12S. The molecule has 0 amide bonds. The lowest BCUT2D eigenvalue weighted by molar-refractivity contribution is -0.287. The van der Waals surface area contributed by atoms with Crippen molar-refractivity contribution in [1.82, 2.24) is 4.90 Å².